The third kappa shape index (κ3) is 6.47. The van der Waals surface area contributed by atoms with Crippen LogP contribution in [0.4, 0.5) is 5.69 Å². The van der Waals surface area contributed by atoms with Gasteiger partial charge in [-0.2, -0.15) is 0 Å². The molecule has 0 bridgehead atoms. The van der Waals surface area contributed by atoms with Gasteiger partial charge in [-0.15, -0.1) is 0 Å². The van der Waals surface area contributed by atoms with Crippen molar-refractivity contribution in [3.05, 3.63) is 95.2 Å². The number of carbonyl (C=O) groups excluding carboxylic acids is 1. The molecule has 2 heterocycles. The Morgan fingerprint density at radius 3 is 2.55 bits per heavy atom. The summed E-state index contributed by atoms with van der Waals surface area (Å²) in [4.78, 5) is 13.9. The molecule has 0 saturated carbocycles. The Balaban J connectivity index is 1.44. The number of anilines is 1. The number of rotatable bonds is 11. The molecule has 5 rings (SSSR count). The van der Waals surface area contributed by atoms with Gasteiger partial charge in [0.15, 0.2) is 0 Å². The van der Waals surface area contributed by atoms with Gasteiger partial charge in [0, 0.05) is 42.8 Å². The fourth-order valence-electron chi connectivity index (χ4n) is 5.84. The van der Waals surface area contributed by atoms with Crippen molar-refractivity contribution in [3.63, 3.8) is 0 Å². The number of ether oxygens (including phenoxy) is 1. The van der Waals surface area contributed by atoms with E-state index in [1.165, 1.54) is 11.4 Å². The van der Waals surface area contributed by atoms with Crippen molar-refractivity contribution >= 4 is 32.5 Å². The van der Waals surface area contributed by atoms with Crippen molar-refractivity contribution in [2.75, 3.05) is 30.8 Å². The number of hydrogen-bond acceptors (Lipinski definition) is 6. The lowest BCUT2D eigenvalue weighted by molar-refractivity contribution is 0.0814. The molecule has 3 aromatic carbocycles. The molecule has 1 aromatic heterocycles. The molecule has 0 saturated heterocycles. The van der Waals surface area contributed by atoms with E-state index in [2.05, 4.69) is 10.6 Å². The van der Waals surface area contributed by atoms with Crippen LogP contribution < -0.4 is 19.7 Å². The number of nitrogens with zero attached hydrogens (tertiary/aromatic N) is 2. The van der Waals surface area contributed by atoms with Crippen LogP contribution >= 0.6 is 0 Å². The molecule has 1 aliphatic rings. The second kappa shape index (κ2) is 12.6. The molecule has 234 valence electrons. The van der Waals surface area contributed by atoms with Gasteiger partial charge in [-0.25, -0.2) is 8.42 Å². The highest BCUT2D eigenvalue weighted by Gasteiger charge is 2.30. The van der Waals surface area contributed by atoms with Crippen molar-refractivity contribution in [3.8, 4) is 5.75 Å². The molecule has 0 spiro atoms. The predicted molar refractivity (Wildman–Crippen MR) is 175 cm³/mol. The monoisotopic (exact) mass is 618 g/mol. The maximum Gasteiger partial charge on any atom is 0.251 e. The lowest BCUT2D eigenvalue weighted by Gasteiger charge is -2.31. The van der Waals surface area contributed by atoms with E-state index in [4.69, 9.17) is 4.74 Å². The zero-order chi connectivity index (χ0) is 31.6. The second-order valence-electron chi connectivity index (χ2n) is 12.0. The molecule has 9 nitrogen and oxygen atoms in total. The second-order valence-corrected chi connectivity index (χ2v) is 14.1. The summed E-state index contributed by atoms with van der Waals surface area (Å²) >= 11 is 0. The Kier molecular flexibility index (Phi) is 9.06. The molecule has 2 atom stereocenters. The van der Waals surface area contributed by atoms with Gasteiger partial charge in [0.2, 0.25) is 10.0 Å². The quantitative estimate of drug-likeness (QED) is 0.232. The lowest BCUT2D eigenvalue weighted by atomic mass is 9.93. The first-order chi connectivity index (χ1) is 20.9. The van der Waals surface area contributed by atoms with Crippen LogP contribution in [0, 0.1) is 0 Å². The minimum atomic E-state index is -3.55. The van der Waals surface area contributed by atoms with Crippen LogP contribution in [0.3, 0.4) is 0 Å². The van der Waals surface area contributed by atoms with Crippen molar-refractivity contribution in [1.29, 1.82) is 0 Å². The number of hydrogen-bond donors (Lipinski definition) is 3. The predicted octanol–water partition coefficient (Wildman–Crippen LogP) is 4.22. The van der Waals surface area contributed by atoms with Gasteiger partial charge in [0.05, 0.1) is 36.2 Å². The maximum atomic E-state index is 13.9. The van der Waals surface area contributed by atoms with Crippen molar-refractivity contribution < 1.29 is 23.1 Å². The summed E-state index contributed by atoms with van der Waals surface area (Å²) < 4.78 is 34.6. The number of aliphatic hydroxyl groups excluding tert-OH is 1. The average molecular weight is 619 g/mol. The van der Waals surface area contributed by atoms with Crippen LogP contribution in [0.1, 0.15) is 47.8 Å². The molecular formula is C34H42N4O5S. The van der Waals surface area contributed by atoms with Crippen LogP contribution in [0.2, 0.25) is 0 Å². The first-order valence-corrected chi connectivity index (χ1v) is 16.6. The van der Waals surface area contributed by atoms with E-state index in [9.17, 15) is 18.3 Å². The van der Waals surface area contributed by atoms with Gasteiger partial charge in [0.25, 0.3) is 5.91 Å². The van der Waals surface area contributed by atoms with Gasteiger partial charge in [-0.3, -0.25) is 9.10 Å². The van der Waals surface area contributed by atoms with Crippen molar-refractivity contribution in [2.24, 2.45) is 0 Å². The Morgan fingerprint density at radius 2 is 1.84 bits per heavy atom. The van der Waals surface area contributed by atoms with Crippen LogP contribution in [-0.4, -0.2) is 62.6 Å². The zero-order valence-corrected chi connectivity index (χ0v) is 26.8. The fraction of sp³-hybridized carbons (Fsp3) is 0.382. The molecule has 3 N–H and O–H groups in total. The number of carbonyl (C=O) groups is 1. The molecule has 0 fully saturated rings. The molecule has 10 heteroatoms. The zero-order valence-electron chi connectivity index (χ0n) is 26.0. The largest absolute Gasteiger partial charge is 0.497 e. The van der Waals surface area contributed by atoms with Crippen LogP contribution in [0.15, 0.2) is 72.9 Å². The van der Waals surface area contributed by atoms with Gasteiger partial charge in [0.1, 0.15) is 5.75 Å². The average Bonchev–Trinajstić information content (AvgIpc) is 3.35. The lowest BCUT2D eigenvalue weighted by Crippen LogP contribution is -2.51. The minimum absolute atomic E-state index is 0.0168. The standard InChI is InChI=1S/C34H42N4O5S/c1-6-24-22-38-15-16-44(41,42)37(4)30-19-25(18-28(24)32(30)38)33(40)36-29(17-23-11-8-7-9-12-23)31(39)21-35-34(2,3)26-13-10-14-27(20-26)43-5/h7-14,18-20,22,29,31,35,39H,6,15-17,21H2,1-5H3,(H,36,40)/t29-,31+/m0/s1. The highest BCUT2D eigenvalue weighted by atomic mass is 32.2. The Labute approximate surface area is 259 Å². The number of aryl methyl sites for hydroxylation is 2. The number of methoxy groups -OCH3 is 1. The van der Waals surface area contributed by atoms with E-state index in [-0.39, 0.29) is 18.2 Å². The van der Waals surface area contributed by atoms with E-state index < -0.39 is 27.7 Å². The summed E-state index contributed by atoms with van der Waals surface area (Å²) in [7, 11) is -0.377. The number of aliphatic hydroxyl groups is 1. The molecule has 0 aliphatic carbocycles. The summed E-state index contributed by atoms with van der Waals surface area (Å²) in [5, 5.41) is 18.9. The Bertz CT molecular complexity index is 1750. The van der Waals surface area contributed by atoms with E-state index in [0.29, 0.717) is 24.2 Å². The normalized spacial score (nSPS) is 15.9. The van der Waals surface area contributed by atoms with E-state index in [1.54, 1.807) is 13.2 Å². The van der Waals surface area contributed by atoms with E-state index >= 15 is 0 Å². The van der Waals surface area contributed by atoms with E-state index in [1.807, 2.05) is 92.2 Å². The van der Waals surface area contributed by atoms with Gasteiger partial charge >= 0.3 is 0 Å². The van der Waals surface area contributed by atoms with Crippen LogP contribution in [-0.2, 0) is 34.9 Å². The number of amides is 1. The summed E-state index contributed by atoms with van der Waals surface area (Å²) in [6.45, 7) is 6.68. The maximum absolute atomic E-state index is 13.9. The number of sulfonamides is 1. The molecule has 0 radical (unpaired) electrons. The third-order valence-electron chi connectivity index (χ3n) is 8.65. The molecular weight excluding hydrogens is 576 g/mol. The summed E-state index contributed by atoms with van der Waals surface area (Å²) in [6, 6.07) is 20.4. The highest BCUT2D eigenvalue weighted by Crippen LogP contribution is 2.36. The Morgan fingerprint density at radius 1 is 1.09 bits per heavy atom. The molecule has 44 heavy (non-hydrogen) atoms. The molecule has 1 amide bonds. The molecule has 4 aromatic rings. The first-order valence-electron chi connectivity index (χ1n) is 15.0. The highest BCUT2D eigenvalue weighted by molar-refractivity contribution is 7.92. The first kappa shape index (κ1) is 31.6. The topological polar surface area (TPSA) is 113 Å². The van der Waals surface area contributed by atoms with Crippen LogP contribution in [0.25, 0.3) is 10.9 Å². The number of benzene rings is 3. The van der Waals surface area contributed by atoms with Crippen molar-refractivity contribution in [2.45, 2.75) is 57.8 Å². The minimum Gasteiger partial charge on any atom is -0.497 e. The number of aromatic nitrogens is 1. The van der Waals surface area contributed by atoms with Gasteiger partial charge < -0.3 is 25.0 Å². The van der Waals surface area contributed by atoms with Crippen molar-refractivity contribution in [1.82, 2.24) is 15.2 Å². The Hall–Kier alpha value is -3.86. The third-order valence-corrected chi connectivity index (χ3v) is 10.4. The van der Waals surface area contributed by atoms with Gasteiger partial charge in [-0.1, -0.05) is 49.4 Å². The molecule has 0 unspecified atom stereocenters. The summed E-state index contributed by atoms with van der Waals surface area (Å²) in [6.07, 6.45) is 2.22. The van der Waals surface area contributed by atoms with Crippen LogP contribution in [0.5, 0.6) is 5.75 Å². The van der Waals surface area contributed by atoms with Gasteiger partial charge in [-0.05, 0) is 67.6 Å². The summed E-state index contributed by atoms with van der Waals surface area (Å²) in [5.41, 5.74) is 4.18. The fourth-order valence-corrected chi connectivity index (χ4v) is 6.98. The smallest absolute Gasteiger partial charge is 0.251 e. The molecule has 1 aliphatic heterocycles. The summed E-state index contributed by atoms with van der Waals surface area (Å²) in [5.74, 6) is 0.357. The van der Waals surface area contributed by atoms with E-state index in [0.717, 1.165) is 39.8 Å². The number of nitrogens with one attached hydrogen (secondary N) is 2. The SMILES string of the molecule is CCc1cn2c3c(cc(C(=O)N[C@@H](Cc4ccccc4)[C@H](O)CNC(C)(C)c4cccc(OC)c4)cc13)N(C)S(=O)(=O)CC2.